The largest absolute Gasteiger partial charge is 0.369 e. The number of pyridine rings is 1. The Bertz CT molecular complexity index is 1240. The number of fused-ring (bicyclic) bond motifs is 4. The molecule has 0 N–H and O–H groups in total. The molecule has 1 aromatic carbocycles. The van der Waals surface area contributed by atoms with Gasteiger partial charge in [0.15, 0.2) is 0 Å². The van der Waals surface area contributed by atoms with Gasteiger partial charge in [0.05, 0.1) is 11.0 Å². The summed E-state index contributed by atoms with van der Waals surface area (Å²) in [6.07, 6.45) is 13.3. The van der Waals surface area contributed by atoms with Gasteiger partial charge in [0, 0.05) is 55.9 Å². The highest BCUT2D eigenvalue weighted by Gasteiger charge is 2.20. The molecule has 1 aliphatic carbocycles. The predicted molar refractivity (Wildman–Crippen MR) is 106 cm³/mol. The van der Waals surface area contributed by atoms with Crippen LogP contribution in [0.1, 0.15) is 5.82 Å². The molecule has 4 aromatic rings. The number of aromatic nitrogens is 4. The lowest BCUT2D eigenvalue weighted by molar-refractivity contribution is 0.359. The third-order valence-electron chi connectivity index (χ3n) is 5.66. The molecule has 4 heterocycles. The van der Waals surface area contributed by atoms with Crippen molar-refractivity contribution in [2.75, 3.05) is 13.1 Å². The molecular formula is C22H19N5. The minimum absolute atomic E-state index is 0.966. The number of nitrogens with zero attached hydrogens (tertiary/aromatic N) is 5. The Hall–Kier alpha value is -3.34. The van der Waals surface area contributed by atoms with E-state index in [1.54, 1.807) is 0 Å². The Morgan fingerprint density at radius 2 is 1.96 bits per heavy atom. The lowest BCUT2D eigenvalue weighted by atomic mass is 10.1. The maximum Gasteiger partial charge on any atom is 0.144 e. The van der Waals surface area contributed by atoms with Crippen molar-refractivity contribution in [2.45, 2.75) is 13.0 Å². The molecule has 6 rings (SSSR count). The molecule has 0 amide bonds. The van der Waals surface area contributed by atoms with Gasteiger partial charge in [0.2, 0.25) is 0 Å². The van der Waals surface area contributed by atoms with Crippen LogP contribution in [0.25, 0.3) is 27.8 Å². The molecule has 132 valence electrons. The van der Waals surface area contributed by atoms with E-state index in [1.807, 2.05) is 18.6 Å². The van der Waals surface area contributed by atoms with Crippen molar-refractivity contribution >= 4 is 16.7 Å². The smallest absolute Gasteiger partial charge is 0.144 e. The van der Waals surface area contributed by atoms with Gasteiger partial charge < -0.3 is 13.9 Å². The number of allylic oxidation sites excluding steroid dienone is 3. The van der Waals surface area contributed by atoms with Crippen LogP contribution in [0.4, 0.5) is 0 Å². The van der Waals surface area contributed by atoms with E-state index in [0.717, 1.165) is 42.8 Å². The SMILES string of the molecule is C1=CC(N2CCc3nc4ccc(-c5cccn6ccnc56)cc4n3CC2)=C1. The average molecular weight is 353 g/mol. The highest BCUT2D eigenvalue weighted by Crippen LogP contribution is 2.29. The summed E-state index contributed by atoms with van der Waals surface area (Å²) in [4.78, 5) is 11.9. The Morgan fingerprint density at radius 1 is 1.00 bits per heavy atom. The van der Waals surface area contributed by atoms with Gasteiger partial charge in [-0.25, -0.2) is 9.97 Å². The zero-order valence-corrected chi connectivity index (χ0v) is 14.9. The lowest BCUT2D eigenvalue weighted by Crippen LogP contribution is -2.26. The number of hydrogen-bond donors (Lipinski definition) is 0. The molecule has 1 aliphatic heterocycles. The Morgan fingerprint density at radius 3 is 2.85 bits per heavy atom. The molecular weight excluding hydrogens is 334 g/mol. The Balaban J connectivity index is 1.44. The first-order chi connectivity index (χ1) is 13.4. The van der Waals surface area contributed by atoms with Gasteiger partial charge in [0.1, 0.15) is 11.5 Å². The fraction of sp³-hybridized carbons (Fsp3) is 0.182. The number of rotatable bonds is 2. The first kappa shape index (κ1) is 14.8. The standard InChI is InChI=1S/C22H19N5/c1-3-17(4-1)25-11-8-21-24-19-7-6-16(15-20(19)27(21)14-13-25)18-5-2-10-26-12-9-23-22(18)26/h1-7,9-10,12,15H,8,11,13-14H2. The van der Waals surface area contributed by atoms with Crippen LogP contribution in [0.2, 0.25) is 0 Å². The number of benzene rings is 1. The second-order valence-electron chi connectivity index (χ2n) is 7.15. The summed E-state index contributed by atoms with van der Waals surface area (Å²) in [5, 5.41) is 0. The molecule has 5 nitrogen and oxygen atoms in total. The van der Waals surface area contributed by atoms with Crippen LogP contribution in [0, 0.1) is 0 Å². The predicted octanol–water partition coefficient (Wildman–Crippen LogP) is 3.66. The van der Waals surface area contributed by atoms with Crippen LogP contribution < -0.4 is 0 Å². The van der Waals surface area contributed by atoms with Crippen LogP contribution in [0.15, 0.2) is 72.8 Å². The Kier molecular flexibility index (Phi) is 3.06. The minimum Gasteiger partial charge on any atom is -0.369 e. The van der Waals surface area contributed by atoms with E-state index >= 15 is 0 Å². The summed E-state index contributed by atoms with van der Waals surface area (Å²) >= 11 is 0. The van der Waals surface area contributed by atoms with Crippen LogP contribution in [0.5, 0.6) is 0 Å². The van der Waals surface area contributed by atoms with E-state index in [9.17, 15) is 0 Å². The molecule has 5 heteroatoms. The van der Waals surface area contributed by atoms with Gasteiger partial charge in [-0.1, -0.05) is 12.1 Å². The highest BCUT2D eigenvalue weighted by molar-refractivity contribution is 5.86. The monoisotopic (exact) mass is 353 g/mol. The first-order valence-electron chi connectivity index (χ1n) is 9.41. The zero-order valence-electron chi connectivity index (χ0n) is 14.9. The molecule has 0 saturated heterocycles. The van der Waals surface area contributed by atoms with Crippen molar-refractivity contribution < 1.29 is 0 Å². The second kappa shape index (κ2) is 5.58. The van der Waals surface area contributed by atoms with E-state index < -0.39 is 0 Å². The number of imidazole rings is 2. The van der Waals surface area contributed by atoms with Gasteiger partial charge in [-0.15, -0.1) is 0 Å². The molecule has 0 atom stereocenters. The summed E-state index contributed by atoms with van der Waals surface area (Å²) in [7, 11) is 0. The van der Waals surface area contributed by atoms with Crippen molar-refractivity contribution in [1.82, 2.24) is 23.8 Å². The van der Waals surface area contributed by atoms with Crippen molar-refractivity contribution in [1.29, 1.82) is 0 Å². The molecule has 3 aromatic heterocycles. The molecule has 0 unspecified atom stereocenters. The van der Waals surface area contributed by atoms with E-state index in [2.05, 4.69) is 67.4 Å². The second-order valence-corrected chi connectivity index (χ2v) is 7.15. The van der Waals surface area contributed by atoms with E-state index in [1.165, 1.54) is 22.6 Å². The van der Waals surface area contributed by atoms with E-state index in [-0.39, 0.29) is 0 Å². The van der Waals surface area contributed by atoms with Crippen LogP contribution in [0.3, 0.4) is 0 Å². The van der Waals surface area contributed by atoms with Crippen molar-refractivity contribution in [2.24, 2.45) is 0 Å². The van der Waals surface area contributed by atoms with Gasteiger partial charge >= 0.3 is 0 Å². The van der Waals surface area contributed by atoms with Gasteiger partial charge in [-0.05, 0) is 42.0 Å². The molecule has 27 heavy (non-hydrogen) atoms. The first-order valence-corrected chi connectivity index (χ1v) is 9.41. The molecule has 0 radical (unpaired) electrons. The molecule has 0 saturated carbocycles. The summed E-state index contributed by atoms with van der Waals surface area (Å²) < 4.78 is 4.46. The third-order valence-corrected chi connectivity index (χ3v) is 5.66. The molecule has 0 bridgehead atoms. The van der Waals surface area contributed by atoms with Gasteiger partial charge in [0.25, 0.3) is 0 Å². The van der Waals surface area contributed by atoms with Gasteiger partial charge in [-0.3, -0.25) is 0 Å². The van der Waals surface area contributed by atoms with Crippen LogP contribution >= 0.6 is 0 Å². The summed E-state index contributed by atoms with van der Waals surface area (Å²) in [5.74, 6) is 1.19. The van der Waals surface area contributed by atoms with E-state index in [4.69, 9.17) is 4.98 Å². The Labute approximate surface area is 156 Å². The van der Waals surface area contributed by atoms with Crippen molar-refractivity contribution in [3.8, 4) is 11.1 Å². The van der Waals surface area contributed by atoms with Crippen LogP contribution in [-0.4, -0.2) is 36.9 Å². The fourth-order valence-electron chi connectivity index (χ4n) is 4.17. The third kappa shape index (κ3) is 2.24. The maximum atomic E-state index is 4.92. The van der Waals surface area contributed by atoms with E-state index in [0.29, 0.717) is 0 Å². The normalized spacial score (nSPS) is 16.3. The van der Waals surface area contributed by atoms with Crippen molar-refractivity contribution in [3.05, 3.63) is 78.7 Å². The highest BCUT2D eigenvalue weighted by atomic mass is 15.2. The average Bonchev–Trinajstić information content (AvgIpc) is 3.21. The molecule has 0 fully saturated rings. The topological polar surface area (TPSA) is 38.4 Å². The summed E-state index contributed by atoms with van der Waals surface area (Å²) in [6, 6.07) is 10.8. The zero-order chi connectivity index (χ0) is 17.8. The van der Waals surface area contributed by atoms with Crippen molar-refractivity contribution in [3.63, 3.8) is 0 Å². The minimum atomic E-state index is 0.966. The fourth-order valence-corrected chi connectivity index (χ4v) is 4.17. The number of hydrogen-bond acceptors (Lipinski definition) is 3. The quantitative estimate of drug-likeness (QED) is 0.552. The molecule has 0 spiro atoms. The van der Waals surface area contributed by atoms with Crippen LogP contribution in [-0.2, 0) is 13.0 Å². The molecule has 2 aliphatic rings. The lowest BCUT2D eigenvalue weighted by Gasteiger charge is -2.25. The maximum absolute atomic E-state index is 4.92. The van der Waals surface area contributed by atoms with Gasteiger partial charge in [-0.2, -0.15) is 0 Å². The summed E-state index contributed by atoms with van der Waals surface area (Å²) in [5.41, 5.74) is 6.98. The summed E-state index contributed by atoms with van der Waals surface area (Å²) in [6.45, 7) is 3.02.